The van der Waals surface area contributed by atoms with Gasteiger partial charge in [0, 0.05) is 11.9 Å². The molecular weight excluding hydrogens is 452 g/mol. The predicted octanol–water partition coefficient (Wildman–Crippen LogP) is 0.303. The van der Waals surface area contributed by atoms with Crippen LogP contribution < -0.4 is 24.8 Å². The molecule has 0 unspecified atom stereocenters. The molecule has 1 nitrogen and oxygen atoms in total. The van der Waals surface area contributed by atoms with Crippen LogP contribution in [0.5, 0.6) is 0 Å². The summed E-state index contributed by atoms with van der Waals surface area (Å²) in [5.41, 5.74) is 8.09. The van der Waals surface area contributed by atoms with Crippen LogP contribution in [0, 0.1) is 34.6 Å². The number of aromatic nitrogens is 1. The van der Waals surface area contributed by atoms with Gasteiger partial charge < -0.3 is 29.4 Å². The van der Waals surface area contributed by atoms with E-state index in [0.29, 0.717) is 0 Å². The Kier molecular flexibility index (Phi) is 10.6. The van der Waals surface area contributed by atoms with Crippen LogP contribution in [0.1, 0.15) is 27.9 Å². The van der Waals surface area contributed by atoms with E-state index in [1.165, 1.54) is 44.4 Å². The van der Waals surface area contributed by atoms with Crippen molar-refractivity contribution >= 4 is 10.8 Å². The Morgan fingerprint density at radius 3 is 2.04 bits per heavy atom. The second-order valence-corrected chi connectivity index (χ2v) is 6.70. The molecular formula is C23H25Cl2NZr. The summed E-state index contributed by atoms with van der Waals surface area (Å²) >= 11 is 0. The van der Waals surface area contributed by atoms with E-state index in [-0.39, 0.29) is 51.0 Å². The van der Waals surface area contributed by atoms with Crippen LogP contribution in [0.4, 0.5) is 0 Å². The minimum Gasteiger partial charge on any atom is -1.00 e. The predicted molar refractivity (Wildman–Crippen MR) is 105 cm³/mol. The first-order valence-electron chi connectivity index (χ1n) is 8.46. The first-order chi connectivity index (χ1) is 11.5. The molecule has 3 aromatic carbocycles. The molecule has 140 valence electrons. The molecule has 0 atom stereocenters. The number of aryl methyl sites for hydroxylation is 4. The van der Waals surface area contributed by atoms with E-state index in [4.69, 9.17) is 0 Å². The van der Waals surface area contributed by atoms with Crippen LogP contribution in [0.15, 0.2) is 60.8 Å². The molecule has 4 heteroatoms. The first-order valence-corrected chi connectivity index (χ1v) is 8.46. The molecule has 1 aromatic heterocycles. The van der Waals surface area contributed by atoms with Crippen molar-refractivity contribution in [3.63, 3.8) is 0 Å². The maximum atomic E-state index is 2.25. The van der Waals surface area contributed by atoms with Crippen LogP contribution >= 0.6 is 0 Å². The van der Waals surface area contributed by atoms with E-state index in [9.17, 15) is 0 Å². The molecule has 0 aliphatic carbocycles. The van der Waals surface area contributed by atoms with Crippen molar-refractivity contribution in [3.05, 3.63) is 88.7 Å². The Labute approximate surface area is 194 Å². The van der Waals surface area contributed by atoms with Gasteiger partial charge in [0.1, 0.15) is 0 Å². The molecule has 0 saturated carbocycles. The van der Waals surface area contributed by atoms with E-state index >= 15 is 0 Å². The Morgan fingerprint density at radius 2 is 1.59 bits per heavy atom. The summed E-state index contributed by atoms with van der Waals surface area (Å²) in [5, 5.41) is 2.62. The van der Waals surface area contributed by atoms with Gasteiger partial charge in [0.05, 0.1) is 0 Å². The number of halogens is 2. The van der Waals surface area contributed by atoms with Crippen molar-refractivity contribution < 1.29 is 51.0 Å². The fraction of sp³-hybridized carbons (Fsp3) is 0.217. The zero-order valence-corrected chi connectivity index (χ0v) is 20.4. The number of nitrogens with zero attached hydrogens (tertiary/aromatic N) is 1. The standard InChI is InChI=1S/C15H14N.C8H11.2ClH.Zr/c1-11-7-12(2)16(10-11)15-8-13-5-3-4-6-14(13)9-15;1-6-4-5-7(2)8(6)3;;;/h3-10H,1-2H3;4-5H,1-3H3;2*1H;/q2*-1;;;+4/p-2. The Hall–Kier alpha value is -1.08. The molecule has 0 saturated heterocycles. The van der Waals surface area contributed by atoms with Gasteiger partial charge in [0.2, 0.25) is 0 Å². The first kappa shape index (κ1) is 25.9. The molecule has 27 heavy (non-hydrogen) atoms. The van der Waals surface area contributed by atoms with E-state index in [2.05, 4.69) is 100.0 Å². The molecule has 0 spiro atoms. The van der Waals surface area contributed by atoms with Gasteiger partial charge in [-0.1, -0.05) is 26.8 Å². The summed E-state index contributed by atoms with van der Waals surface area (Å²) in [7, 11) is 0. The van der Waals surface area contributed by atoms with Gasteiger partial charge >= 0.3 is 26.2 Å². The summed E-state index contributed by atoms with van der Waals surface area (Å²) in [6.45, 7) is 10.7. The third-order valence-corrected chi connectivity index (χ3v) is 4.80. The van der Waals surface area contributed by atoms with Crippen molar-refractivity contribution in [1.82, 2.24) is 4.57 Å². The van der Waals surface area contributed by atoms with Crippen LogP contribution in [0.2, 0.25) is 0 Å². The van der Waals surface area contributed by atoms with Crippen LogP contribution in [0.25, 0.3) is 16.5 Å². The maximum absolute atomic E-state index is 2.25. The van der Waals surface area contributed by atoms with Crippen molar-refractivity contribution in [2.24, 2.45) is 0 Å². The molecule has 0 bridgehead atoms. The summed E-state index contributed by atoms with van der Waals surface area (Å²) in [5.74, 6) is 0. The van der Waals surface area contributed by atoms with Crippen molar-refractivity contribution in [3.8, 4) is 5.69 Å². The SMILES string of the molecule is Cc1cc(C)n(-c2cc3ccccc3[cH-]2)c1.Cc1cc[c-](C)c1C.[Cl-].[Cl-].[Zr+4]. The van der Waals surface area contributed by atoms with Gasteiger partial charge in [-0.2, -0.15) is 22.8 Å². The summed E-state index contributed by atoms with van der Waals surface area (Å²) in [4.78, 5) is 0. The number of rotatable bonds is 1. The van der Waals surface area contributed by atoms with E-state index in [1.54, 1.807) is 0 Å². The van der Waals surface area contributed by atoms with E-state index in [1.807, 2.05) is 0 Å². The zero-order valence-electron chi connectivity index (χ0n) is 16.5. The van der Waals surface area contributed by atoms with Crippen LogP contribution in [-0.4, -0.2) is 4.57 Å². The third kappa shape index (κ3) is 5.95. The number of fused-ring (bicyclic) bond motifs is 1. The minimum atomic E-state index is 0. The van der Waals surface area contributed by atoms with Crippen molar-refractivity contribution in [1.29, 1.82) is 0 Å². The number of benzene rings is 1. The van der Waals surface area contributed by atoms with Gasteiger partial charge in [-0.3, -0.25) is 0 Å². The number of hydrogen-bond donors (Lipinski definition) is 0. The fourth-order valence-electron chi connectivity index (χ4n) is 3.10. The topological polar surface area (TPSA) is 4.93 Å². The molecule has 1 heterocycles. The van der Waals surface area contributed by atoms with Crippen molar-refractivity contribution in [2.45, 2.75) is 34.6 Å². The molecule has 4 aromatic rings. The molecule has 0 N–H and O–H groups in total. The van der Waals surface area contributed by atoms with Gasteiger partial charge in [-0.05, 0) is 31.2 Å². The molecule has 0 fully saturated rings. The zero-order chi connectivity index (χ0) is 17.3. The quantitative estimate of drug-likeness (QED) is 0.348. The smallest absolute Gasteiger partial charge is 1.00 e. The van der Waals surface area contributed by atoms with Crippen molar-refractivity contribution in [2.75, 3.05) is 0 Å². The Morgan fingerprint density at radius 1 is 0.926 bits per heavy atom. The largest absolute Gasteiger partial charge is 4.00 e. The monoisotopic (exact) mass is 475 g/mol. The van der Waals surface area contributed by atoms with Gasteiger partial charge in [0.15, 0.2) is 0 Å². The van der Waals surface area contributed by atoms with Crippen LogP contribution in [0.3, 0.4) is 0 Å². The normalized spacial score (nSPS) is 9.52. The second-order valence-electron chi connectivity index (χ2n) is 6.70. The summed E-state index contributed by atoms with van der Waals surface area (Å²) in [6.07, 6.45) is 2.18. The van der Waals surface area contributed by atoms with Gasteiger partial charge in [0.25, 0.3) is 0 Å². The average Bonchev–Trinajstić information content (AvgIpc) is 3.21. The summed E-state index contributed by atoms with van der Waals surface area (Å²) < 4.78 is 2.25. The minimum absolute atomic E-state index is 0. The summed E-state index contributed by atoms with van der Waals surface area (Å²) in [6, 6.07) is 19.5. The Bertz CT molecular complexity index is 923. The second kappa shape index (κ2) is 11.1. The molecule has 0 aliphatic heterocycles. The van der Waals surface area contributed by atoms with Gasteiger partial charge in [-0.25, -0.2) is 6.07 Å². The average molecular weight is 478 g/mol. The fourth-order valence-corrected chi connectivity index (χ4v) is 3.10. The van der Waals surface area contributed by atoms with E-state index in [0.717, 1.165) is 0 Å². The molecule has 0 amide bonds. The molecule has 0 aliphatic rings. The third-order valence-electron chi connectivity index (χ3n) is 4.80. The number of hydrogen-bond acceptors (Lipinski definition) is 0. The van der Waals surface area contributed by atoms with Crippen LogP contribution in [-0.2, 0) is 26.2 Å². The van der Waals surface area contributed by atoms with Gasteiger partial charge in [-0.15, -0.1) is 41.1 Å². The Balaban J connectivity index is 0.000000535. The maximum Gasteiger partial charge on any atom is 4.00 e. The van der Waals surface area contributed by atoms with E-state index < -0.39 is 0 Å². The molecule has 4 rings (SSSR count). The molecule has 0 radical (unpaired) electrons.